The molecule has 1 aromatic rings. The van der Waals surface area contributed by atoms with Gasteiger partial charge in [-0.25, -0.2) is 9.36 Å². The molecule has 1 saturated heterocycles. The molecule has 0 aliphatic carbocycles. The standard InChI is InChI=1S/C10H15N3O5.2Na.H3O4P.2H/c11-7-1-2-13(10(17)12-7)3-5-8(15)9(16)6(4-14)18-5;;;1-5(2,3)4;;/h1-2,5-6,8-9,14-16H,3-4H2,(H2,11,12,17);;;(H3,1,2,3,4);;/q;2*+1;;2*-1/t5-,6+,8-,9+;;;;;/m0...../s1. The zero-order valence-corrected chi connectivity index (χ0v) is 18.6. The van der Waals surface area contributed by atoms with E-state index in [1.165, 1.54) is 16.8 Å². The summed E-state index contributed by atoms with van der Waals surface area (Å²) in [6.45, 7) is -0.371. The molecule has 0 unspecified atom stereocenters. The molecule has 136 valence electrons. The second kappa shape index (κ2) is 12.2. The summed E-state index contributed by atoms with van der Waals surface area (Å²) >= 11 is 0. The molecule has 8 N–H and O–H groups in total. The average Bonchev–Trinajstić information content (AvgIpc) is 2.68. The summed E-state index contributed by atoms with van der Waals surface area (Å²) < 4.78 is 15.4. The maximum atomic E-state index is 11.5. The first kappa shape index (κ1) is 27.8. The van der Waals surface area contributed by atoms with Gasteiger partial charge in [0.05, 0.1) is 13.2 Å². The van der Waals surface area contributed by atoms with Crippen molar-refractivity contribution in [1.29, 1.82) is 0 Å². The van der Waals surface area contributed by atoms with Crippen molar-refractivity contribution < 1.29 is 101 Å². The summed E-state index contributed by atoms with van der Waals surface area (Å²) in [5, 5.41) is 28.2. The van der Waals surface area contributed by atoms with Crippen LogP contribution in [0.25, 0.3) is 0 Å². The molecule has 0 aromatic carbocycles. The number of aliphatic hydroxyl groups is 3. The molecule has 2 heterocycles. The molecule has 0 spiro atoms. The number of nitrogens with two attached hydrogens (primary N) is 1. The van der Waals surface area contributed by atoms with Crippen LogP contribution in [-0.4, -0.2) is 70.6 Å². The number of anilines is 1. The molecule has 4 atom stereocenters. The van der Waals surface area contributed by atoms with E-state index in [2.05, 4.69) is 4.98 Å². The summed E-state index contributed by atoms with van der Waals surface area (Å²) in [7, 11) is -4.64. The van der Waals surface area contributed by atoms with Crippen LogP contribution in [0.1, 0.15) is 2.85 Å². The second-order valence-corrected chi connectivity index (χ2v) is 5.70. The van der Waals surface area contributed by atoms with Gasteiger partial charge in [0.1, 0.15) is 30.2 Å². The quantitative estimate of drug-likeness (QED) is 0.186. The van der Waals surface area contributed by atoms with Gasteiger partial charge in [-0.05, 0) is 6.07 Å². The first-order valence-electron chi connectivity index (χ1n) is 6.26. The molecule has 1 aliphatic heterocycles. The Balaban J connectivity index is -0.000000264. The molecule has 25 heavy (non-hydrogen) atoms. The molecule has 1 aliphatic rings. The van der Waals surface area contributed by atoms with Gasteiger partial charge in [-0.2, -0.15) is 4.98 Å². The predicted molar refractivity (Wildman–Crippen MR) is 77.2 cm³/mol. The van der Waals surface area contributed by atoms with Crippen molar-refractivity contribution in [2.24, 2.45) is 0 Å². The maximum Gasteiger partial charge on any atom is 1.00 e. The molecule has 15 heteroatoms. The van der Waals surface area contributed by atoms with E-state index in [1.54, 1.807) is 0 Å². The average molecular weight is 403 g/mol. The Morgan fingerprint density at radius 2 is 1.72 bits per heavy atom. The molecule has 12 nitrogen and oxygen atoms in total. The number of nitrogen functional groups attached to an aromatic ring is 1. The smallest absolute Gasteiger partial charge is 1.00 e. The molecular formula is C10H20N3Na2O9P. The fourth-order valence-electron chi connectivity index (χ4n) is 1.90. The molecule has 1 fully saturated rings. The first-order valence-corrected chi connectivity index (χ1v) is 7.83. The first-order chi connectivity index (χ1) is 10.5. The van der Waals surface area contributed by atoms with Crippen LogP contribution in [0.4, 0.5) is 5.82 Å². The number of phosphoric acid groups is 1. The van der Waals surface area contributed by atoms with Crippen molar-refractivity contribution in [3.05, 3.63) is 22.7 Å². The minimum absolute atomic E-state index is 0. The minimum Gasteiger partial charge on any atom is -1.00 e. The van der Waals surface area contributed by atoms with Gasteiger partial charge in [-0.15, -0.1) is 0 Å². The zero-order valence-electron chi connectivity index (χ0n) is 15.7. The van der Waals surface area contributed by atoms with Crippen molar-refractivity contribution in [3.8, 4) is 0 Å². The Morgan fingerprint density at radius 3 is 2.12 bits per heavy atom. The van der Waals surface area contributed by atoms with Gasteiger partial charge in [0.25, 0.3) is 0 Å². The van der Waals surface area contributed by atoms with Crippen LogP contribution >= 0.6 is 7.82 Å². The molecule has 0 amide bonds. The number of rotatable bonds is 3. The largest absolute Gasteiger partial charge is 1.00 e. The van der Waals surface area contributed by atoms with Crippen molar-refractivity contribution >= 4 is 13.6 Å². The van der Waals surface area contributed by atoms with Crippen LogP contribution in [0, 0.1) is 0 Å². The van der Waals surface area contributed by atoms with E-state index in [1.807, 2.05) is 0 Å². The van der Waals surface area contributed by atoms with E-state index in [9.17, 15) is 15.0 Å². The Bertz CT molecular complexity index is 630. The molecule has 0 bridgehead atoms. The SMILES string of the molecule is Nc1ccn(C[C@@H]2O[C@H](CO)[C@@H](O)[C@H]2O)c(=O)n1.O=P(O)(O)O.[H-].[H-].[Na+].[Na+]. The topological polar surface area (TPSA) is 209 Å². The number of nitrogens with zero attached hydrogens (tertiary/aromatic N) is 2. The fraction of sp³-hybridized carbons (Fsp3) is 0.600. The number of hydrogen-bond donors (Lipinski definition) is 7. The van der Waals surface area contributed by atoms with Crippen LogP contribution in [0.15, 0.2) is 17.1 Å². The van der Waals surface area contributed by atoms with Crippen molar-refractivity contribution in [2.75, 3.05) is 12.3 Å². The number of hydrogen-bond acceptors (Lipinski definition) is 8. The summed E-state index contributed by atoms with van der Waals surface area (Å²) in [5.74, 6) is 0.109. The van der Waals surface area contributed by atoms with Crippen LogP contribution in [-0.2, 0) is 15.8 Å². The molecular weight excluding hydrogens is 383 g/mol. The second-order valence-electron chi connectivity index (χ2n) is 4.68. The number of aliphatic hydroxyl groups excluding tert-OH is 3. The van der Waals surface area contributed by atoms with Gasteiger partial charge in [0.2, 0.25) is 0 Å². The van der Waals surface area contributed by atoms with Crippen LogP contribution in [0.5, 0.6) is 0 Å². The van der Waals surface area contributed by atoms with Crippen LogP contribution in [0.2, 0.25) is 0 Å². The van der Waals surface area contributed by atoms with Gasteiger partial charge in [-0.1, -0.05) is 0 Å². The fourth-order valence-corrected chi connectivity index (χ4v) is 1.90. The molecule has 0 saturated carbocycles. The Labute approximate surface area is 189 Å². The van der Waals surface area contributed by atoms with Gasteiger partial charge < -0.3 is 43.3 Å². The summed E-state index contributed by atoms with van der Waals surface area (Å²) in [5.41, 5.74) is 4.79. The minimum atomic E-state index is -4.64. The van der Waals surface area contributed by atoms with E-state index >= 15 is 0 Å². The van der Waals surface area contributed by atoms with Crippen LogP contribution < -0.4 is 70.5 Å². The van der Waals surface area contributed by atoms with Gasteiger partial charge in [0, 0.05) is 6.20 Å². The third-order valence-corrected chi connectivity index (χ3v) is 2.91. The zero-order chi connectivity index (χ0) is 17.8. The predicted octanol–water partition coefficient (Wildman–Crippen LogP) is -9.39. The summed E-state index contributed by atoms with van der Waals surface area (Å²) in [4.78, 5) is 36.6. The van der Waals surface area contributed by atoms with E-state index in [0.29, 0.717) is 0 Å². The Morgan fingerprint density at radius 1 is 1.24 bits per heavy atom. The van der Waals surface area contributed by atoms with E-state index in [-0.39, 0.29) is 74.3 Å². The Kier molecular flexibility index (Phi) is 13.5. The molecule has 0 radical (unpaired) electrons. The summed E-state index contributed by atoms with van der Waals surface area (Å²) in [6, 6.07) is 1.45. The Hall–Kier alpha value is 0.630. The third kappa shape index (κ3) is 9.94. The number of ether oxygens (including phenoxy) is 1. The van der Waals surface area contributed by atoms with E-state index in [0.717, 1.165) is 0 Å². The molecule has 2 rings (SSSR count). The van der Waals surface area contributed by atoms with Crippen molar-refractivity contribution in [3.63, 3.8) is 0 Å². The van der Waals surface area contributed by atoms with Gasteiger partial charge >= 0.3 is 72.6 Å². The summed E-state index contributed by atoms with van der Waals surface area (Å²) in [6.07, 6.45) is -2.52. The van der Waals surface area contributed by atoms with Crippen molar-refractivity contribution in [2.45, 2.75) is 31.0 Å². The van der Waals surface area contributed by atoms with Crippen LogP contribution in [0.3, 0.4) is 0 Å². The van der Waals surface area contributed by atoms with E-state index in [4.69, 9.17) is 34.8 Å². The van der Waals surface area contributed by atoms with Gasteiger partial charge in [-0.3, -0.25) is 4.57 Å². The monoisotopic (exact) mass is 403 g/mol. The third-order valence-electron chi connectivity index (χ3n) is 2.91. The maximum absolute atomic E-state index is 11.5. The van der Waals surface area contributed by atoms with E-state index < -0.39 is 44.5 Å². The normalized spacial score (nSPS) is 25.2. The molecule has 1 aromatic heterocycles. The number of aromatic nitrogens is 2. The van der Waals surface area contributed by atoms with Gasteiger partial charge in [0.15, 0.2) is 0 Å². The van der Waals surface area contributed by atoms with Crippen molar-refractivity contribution in [1.82, 2.24) is 9.55 Å².